The molecule has 0 fully saturated rings. The first kappa shape index (κ1) is 11.9. The molecule has 1 atom stereocenters. The maximum absolute atomic E-state index is 5.57. The number of hydrogen-bond donors (Lipinski definition) is 2. The van der Waals surface area contributed by atoms with E-state index in [1.54, 1.807) is 0 Å². The topological polar surface area (TPSA) is 54.7 Å². The predicted octanol–water partition coefficient (Wildman–Crippen LogP) is 2.84. The lowest BCUT2D eigenvalue weighted by atomic mass is 10.1. The SMILES string of the molecule is Cc1ccccc1-c1cnc(C(C)CCN)[nH]1. The summed E-state index contributed by atoms with van der Waals surface area (Å²) in [5.74, 6) is 1.41. The van der Waals surface area contributed by atoms with Crippen LogP contribution in [0, 0.1) is 6.92 Å². The number of nitrogens with zero attached hydrogens (tertiary/aromatic N) is 1. The van der Waals surface area contributed by atoms with E-state index in [1.807, 2.05) is 18.3 Å². The minimum atomic E-state index is 0.387. The molecule has 1 aromatic carbocycles. The van der Waals surface area contributed by atoms with Crippen LogP contribution in [-0.2, 0) is 0 Å². The second kappa shape index (κ2) is 5.15. The Morgan fingerprint density at radius 1 is 1.35 bits per heavy atom. The zero-order valence-corrected chi connectivity index (χ0v) is 10.4. The van der Waals surface area contributed by atoms with Crippen LogP contribution in [0.25, 0.3) is 11.3 Å². The summed E-state index contributed by atoms with van der Waals surface area (Å²) in [7, 11) is 0. The largest absolute Gasteiger partial charge is 0.342 e. The molecule has 3 N–H and O–H groups in total. The van der Waals surface area contributed by atoms with E-state index in [2.05, 4.69) is 35.9 Å². The highest BCUT2D eigenvalue weighted by Gasteiger charge is 2.10. The number of hydrogen-bond acceptors (Lipinski definition) is 2. The van der Waals surface area contributed by atoms with Gasteiger partial charge in [0.2, 0.25) is 0 Å². The van der Waals surface area contributed by atoms with Crippen molar-refractivity contribution in [2.24, 2.45) is 5.73 Å². The normalized spacial score (nSPS) is 12.6. The van der Waals surface area contributed by atoms with Crippen LogP contribution >= 0.6 is 0 Å². The van der Waals surface area contributed by atoms with E-state index >= 15 is 0 Å². The standard InChI is InChI=1S/C14H19N3/c1-10-5-3-4-6-12(10)13-9-16-14(17-13)11(2)7-8-15/h3-6,9,11H,7-8,15H2,1-2H3,(H,16,17). The van der Waals surface area contributed by atoms with Crippen LogP contribution in [0.4, 0.5) is 0 Å². The molecule has 3 heteroatoms. The second-order valence-electron chi connectivity index (χ2n) is 4.48. The van der Waals surface area contributed by atoms with Gasteiger partial charge in [-0.25, -0.2) is 4.98 Å². The predicted molar refractivity (Wildman–Crippen MR) is 70.8 cm³/mol. The van der Waals surface area contributed by atoms with Crippen molar-refractivity contribution in [1.29, 1.82) is 0 Å². The Balaban J connectivity index is 2.27. The minimum absolute atomic E-state index is 0.387. The maximum Gasteiger partial charge on any atom is 0.109 e. The minimum Gasteiger partial charge on any atom is -0.342 e. The Morgan fingerprint density at radius 2 is 2.12 bits per heavy atom. The number of nitrogens with one attached hydrogen (secondary N) is 1. The van der Waals surface area contributed by atoms with Gasteiger partial charge in [-0.3, -0.25) is 0 Å². The molecule has 2 aromatic rings. The fraction of sp³-hybridized carbons (Fsp3) is 0.357. The van der Waals surface area contributed by atoms with E-state index in [-0.39, 0.29) is 0 Å². The molecule has 0 bridgehead atoms. The number of benzene rings is 1. The fourth-order valence-electron chi connectivity index (χ4n) is 1.99. The van der Waals surface area contributed by atoms with Crippen molar-refractivity contribution in [2.45, 2.75) is 26.2 Å². The molecular weight excluding hydrogens is 210 g/mol. The van der Waals surface area contributed by atoms with Gasteiger partial charge in [0.05, 0.1) is 11.9 Å². The molecule has 2 rings (SSSR count). The van der Waals surface area contributed by atoms with Gasteiger partial charge in [-0.15, -0.1) is 0 Å². The van der Waals surface area contributed by atoms with Crippen molar-refractivity contribution >= 4 is 0 Å². The number of rotatable bonds is 4. The molecule has 0 saturated heterocycles. The summed E-state index contributed by atoms with van der Waals surface area (Å²) in [5.41, 5.74) is 9.12. The zero-order chi connectivity index (χ0) is 12.3. The fourth-order valence-corrected chi connectivity index (χ4v) is 1.99. The first-order chi connectivity index (χ1) is 8.22. The molecule has 3 nitrogen and oxygen atoms in total. The summed E-state index contributed by atoms with van der Waals surface area (Å²) in [4.78, 5) is 7.83. The van der Waals surface area contributed by atoms with E-state index in [0.29, 0.717) is 12.5 Å². The van der Waals surface area contributed by atoms with Crippen molar-refractivity contribution in [3.05, 3.63) is 41.9 Å². The number of imidazole rings is 1. The molecule has 0 amide bonds. The van der Waals surface area contributed by atoms with Gasteiger partial charge in [0.25, 0.3) is 0 Å². The van der Waals surface area contributed by atoms with Gasteiger partial charge in [0, 0.05) is 11.5 Å². The van der Waals surface area contributed by atoms with Crippen LogP contribution < -0.4 is 5.73 Å². The lowest BCUT2D eigenvalue weighted by Gasteiger charge is -2.06. The summed E-state index contributed by atoms with van der Waals surface area (Å²) in [5, 5.41) is 0. The summed E-state index contributed by atoms with van der Waals surface area (Å²) in [6, 6.07) is 8.32. The molecule has 17 heavy (non-hydrogen) atoms. The van der Waals surface area contributed by atoms with Crippen LogP contribution in [0.15, 0.2) is 30.5 Å². The number of H-pyrrole nitrogens is 1. The third-order valence-corrected chi connectivity index (χ3v) is 3.10. The molecule has 1 heterocycles. The Hall–Kier alpha value is -1.61. The van der Waals surface area contributed by atoms with Crippen molar-refractivity contribution < 1.29 is 0 Å². The average Bonchev–Trinajstić information content (AvgIpc) is 2.79. The lowest BCUT2D eigenvalue weighted by molar-refractivity contribution is 0.655. The van der Waals surface area contributed by atoms with Crippen LogP contribution in [0.2, 0.25) is 0 Å². The van der Waals surface area contributed by atoms with Gasteiger partial charge in [0.1, 0.15) is 5.82 Å². The van der Waals surface area contributed by atoms with Crippen LogP contribution in [0.5, 0.6) is 0 Å². The molecule has 1 unspecified atom stereocenters. The van der Waals surface area contributed by atoms with Gasteiger partial charge in [-0.2, -0.15) is 0 Å². The average molecular weight is 229 g/mol. The third-order valence-electron chi connectivity index (χ3n) is 3.10. The first-order valence-electron chi connectivity index (χ1n) is 6.03. The molecule has 0 saturated carbocycles. The van der Waals surface area contributed by atoms with Crippen LogP contribution in [-0.4, -0.2) is 16.5 Å². The lowest BCUT2D eigenvalue weighted by Crippen LogP contribution is -2.05. The zero-order valence-electron chi connectivity index (χ0n) is 10.4. The molecule has 90 valence electrons. The van der Waals surface area contributed by atoms with E-state index in [9.17, 15) is 0 Å². The van der Waals surface area contributed by atoms with Gasteiger partial charge in [0.15, 0.2) is 0 Å². The Kier molecular flexibility index (Phi) is 3.59. The van der Waals surface area contributed by atoms with E-state index in [1.165, 1.54) is 11.1 Å². The number of aryl methyl sites for hydroxylation is 1. The Bertz CT molecular complexity index is 488. The van der Waals surface area contributed by atoms with Crippen molar-refractivity contribution in [3.63, 3.8) is 0 Å². The smallest absolute Gasteiger partial charge is 0.109 e. The second-order valence-corrected chi connectivity index (χ2v) is 4.48. The summed E-state index contributed by atoms with van der Waals surface area (Å²) >= 11 is 0. The number of aromatic nitrogens is 2. The Morgan fingerprint density at radius 3 is 2.82 bits per heavy atom. The molecule has 1 aromatic heterocycles. The highest BCUT2D eigenvalue weighted by Crippen LogP contribution is 2.23. The van der Waals surface area contributed by atoms with E-state index < -0.39 is 0 Å². The van der Waals surface area contributed by atoms with Gasteiger partial charge < -0.3 is 10.7 Å². The van der Waals surface area contributed by atoms with Crippen molar-refractivity contribution in [1.82, 2.24) is 9.97 Å². The molecule has 0 spiro atoms. The van der Waals surface area contributed by atoms with Gasteiger partial charge in [-0.05, 0) is 25.5 Å². The first-order valence-corrected chi connectivity index (χ1v) is 6.03. The highest BCUT2D eigenvalue weighted by atomic mass is 14.9. The van der Waals surface area contributed by atoms with E-state index in [4.69, 9.17) is 5.73 Å². The molecule has 0 radical (unpaired) electrons. The molecule has 0 aliphatic heterocycles. The monoisotopic (exact) mass is 229 g/mol. The van der Waals surface area contributed by atoms with E-state index in [0.717, 1.165) is 17.9 Å². The van der Waals surface area contributed by atoms with Gasteiger partial charge in [-0.1, -0.05) is 31.2 Å². The summed E-state index contributed by atoms with van der Waals surface area (Å²) in [6.45, 7) is 4.95. The van der Waals surface area contributed by atoms with Crippen molar-refractivity contribution in [3.8, 4) is 11.3 Å². The van der Waals surface area contributed by atoms with Crippen LogP contribution in [0.3, 0.4) is 0 Å². The summed E-state index contributed by atoms with van der Waals surface area (Å²) in [6.07, 6.45) is 2.87. The quantitative estimate of drug-likeness (QED) is 0.847. The van der Waals surface area contributed by atoms with Crippen molar-refractivity contribution in [2.75, 3.05) is 6.54 Å². The van der Waals surface area contributed by atoms with Gasteiger partial charge >= 0.3 is 0 Å². The summed E-state index contributed by atoms with van der Waals surface area (Å²) < 4.78 is 0. The highest BCUT2D eigenvalue weighted by molar-refractivity contribution is 5.62. The van der Waals surface area contributed by atoms with Crippen LogP contribution in [0.1, 0.15) is 30.7 Å². The Labute approximate surface area is 102 Å². The molecular formula is C14H19N3. The molecule has 0 aliphatic carbocycles. The maximum atomic E-state index is 5.57. The third kappa shape index (κ3) is 2.56. The number of aromatic amines is 1. The molecule has 0 aliphatic rings. The number of nitrogens with two attached hydrogens (primary N) is 1.